The molecule has 5 heteroatoms. The molecule has 0 aromatic heterocycles. The first kappa shape index (κ1) is 34.6. The molecule has 0 spiro atoms. The maximum absolute atomic E-state index is 12.7. The van der Waals surface area contributed by atoms with E-state index in [0.717, 1.165) is 32.4 Å². The van der Waals surface area contributed by atoms with E-state index in [2.05, 4.69) is 60.6 Å². The Morgan fingerprint density at radius 1 is 0.725 bits per heavy atom. The van der Waals surface area contributed by atoms with Gasteiger partial charge in [-0.2, -0.15) is 11.8 Å². The fraction of sp³-hybridized carbons (Fsp3) is 0.629. The van der Waals surface area contributed by atoms with E-state index in [0.29, 0.717) is 17.9 Å². The van der Waals surface area contributed by atoms with Gasteiger partial charge in [0.1, 0.15) is 11.5 Å². The average molecular weight is 587 g/mol. The van der Waals surface area contributed by atoms with E-state index < -0.39 is 0 Å². The molecule has 2 aromatic carbocycles. The van der Waals surface area contributed by atoms with Crippen LogP contribution in [0, 0.1) is 0 Å². The lowest BCUT2D eigenvalue weighted by Gasteiger charge is -2.23. The maximum atomic E-state index is 12.7. The number of phenols is 1. The second-order valence-corrected chi connectivity index (χ2v) is 15.3. The maximum Gasteiger partial charge on any atom is 0.312 e. The number of aromatic hydroxyl groups is 1. The second-order valence-electron chi connectivity index (χ2n) is 13.0. The Morgan fingerprint density at radius 2 is 1.25 bits per heavy atom. The zero-order chi connectivity index (χ0) is 29.6. The molecule has 2 aromatic rings. The summed E-state index contributed by atoms with van der Waals surface area (Å²) in [6.07, 6.45) is 14.0. The number of phenolic OH excluding ortho intramolecular Hbond substituents is 1. The van der Waals surface area contributed by atoms with Crippen LogP contribution < -0.4 is 4.74 Å². The Morgan fingerprint density at radius 3 is 1.82 bits per heavy atom. The summed E-state index contributed by atoms with van der Waals surface area (Å²) in [5.41, 5.74) is 1.66. The normalized spacial score (nSPS) is 12.1. The summed E-state index contributed by atoms with van der Waals surface area (Å²) < 4.78 is 5.87. The first-order chi connectivity index (χ1) is 18.9. The van der Waals surface area contributed by atoms with Crippen molar-refractivity contribution in [2.75, 3.05) is 11.5 Å². The highest BCUT2D eigenvalue weighted by molar-refractivity contribution is 7.99. The van der Waals surface area contributed by atoms with Crippen LogP contribution in [0.25, 0.3) is 0 Å². The van der Waals surface area contributed by atoms with Crippen LogP contribution in [-0.4, -0.2) is 22.6 Å². The first-order valence-electron chi connectivity index (χ1n) is 15.4. The predicted molar refractivity (Wildman–Crippen MR) is 175 cm³/mol. The second kappa shape index (κ2) is 17.4. The summed E-state index contributed by atoms with van der Waals surface area (Å²) in [5.74, 6) is 2.76. The number of benzene rings is 2. The van der Waals surface area contributed by atoms with Gasteiger partial charge in [-0.3, -0.25) is 4.79 Å². The minimum absolute atomic E-state index is 0.138. The molecule has 0 bridgehead atoms. The molecule has 1 N–H and O–H groups in total. The Balaban J connectivity index is 1.80. The molecule has 224 valence electrons. The van der Waals surface area contributed by atoms with E-state index in [1.165, 1.54) is 64.2 Å². The summed E-state index contributed by atoms with van der Waals surface area (Å²) in [5, 5.41) is 10.3. The van der Waals surface area contributed by atoms with Crippen LogP contribution in [0.5, 0.6) is 11.5 Å². The number of hydrogen-bond donors (Lipinski definition) is 1. The molecule has 0 aliphatic heterocycles. The fourth-order valence-corrected chi connectivity index (χ4v) is 6.51. The van der Waals surface area contributed by atoms with Crippen molar-refractivity contribution in [3.8, 4) is 11.5 Å². The molecule has 0 saturated carbocycles. The lowest BCUT2D eigenvalue weighted by molar-refractivity contribution is -0.133. The smallest absolute Gasteiger partial charge is 0.312 e. The molecule has 0 saturated heterocycles. The average Bonchev–Trinajstić information content (AvgIpc) is 2.87. The number of esters is 1. The Hall–Kier alpha value is -1.59. The van der Waals surface area contributed by atoms with Crippen LogP contribution in [0.1, 0.15) is 130 Å². The zero-order valence-electron chi connectivity index (χ0n) is 26.2. The van der Waals surface area contributed by atoms with Crippen molar-refractivity contribution in [1.82, 2.24) is 0 Å². The molecule has 0 atom stereocenters. The molecule has 0 unspecified atom stereocenters. The van der Waals surface area contributed by atoms with Crippen molar-refractivity contribution < 1.29 is 14.6 Å². The number of ether oxygens (including phenoxy) is 1. The number of carbonyl (C=O) groups is 1. The number of thioether (sulfide) groups is 1. The van der Waals surface area contributed by atoms with Gasteiger partial charge in [-0.05, 0) is 59.4 Å². The lowest BCUT2D eigenvalue weighted by Crippen LogP contribution is -2.17. The molecule has 0 heterocycles. The van der Waals surface area contributed by atoms with Gasteiger partial charge < -0.3 is 9.84 Å². The highest BCUT2D eigenvalue weighted by atomic mass is 32.2. The van der Waals surface area contributed by atoms with Gasteiger partial charge in [-0.25, -0.2) is 0 Å². The molecular formula is C35H54O3S2. The third-order valence-corrected chi connectivity index (χ3v) is 9.14. The molecular weight excluding hydrogens is 533 g/mol. The molecule has 3 nitrogen and oxygen atoms in total. The zero-order valence-corrected chi connectivity index (χ0v) is 27.9. The summed E-state index contributed by atoms with van der Waals surface area (Å²) >= 11 is 3.53. The Bertz CT molecular complexity index is 1030. The van der Waals surface area contributed by atoms with E-state index in [4.69, 9.17) is 4.74 Å². The van der Waals surface area contributed by atoms with E-state index in [-0.39, 0.29) is 16.8 Å². The van der Waals surface area contributed by atoms with Crippen molar-refractivity contribution >= 4 is 29.5 Å². The van der Waals surface area contributed by atoms with Gasteiger partial charge in [0.2, 0.25) is 0 Å². The van der Waals surface area contributed by atoms with Crippen LogP contribution in [0.15, 0.2) is 46.2 Å². The Labute approximate surface area is 253 Å². The van der Waals surface area contributed by atoms with Crippen molar-refractivity contribution in [2.45, 2.75) is 140 Å². The topological polar surface area (TPSA) is 46.5 Å². The molecule has 40 heavy (non-hydrogen) atoms. The third kappa shape index (κ3) is 12.9. The third-order valence-electron chi connectivity index (χ3n) is 7.09. The summed E-state index contributed by atoms with van der Waals surface area (Å²) in [6.45, 7) is 15.0. The standard InChI is InChI=1S/C35H54O3S2/c1-8-9-10-11-12-13-14-15-16-17-23-39-24-22-33(37)38-32-21-19-28(26-30(32)35(5,6)7)40-27-18-20-31(36)29(25-27)34(2,3)4/h18-21,25-26,36H,8-17,22-24H2,1-7H3. The van der Waals surface area contributed by atoms with Crippen molar-refractivity contribution in [3.63, 3.8) is 0 Å². The molecule has 0 fully saturated rings. The minimum atomic E-state index is -0.165. The summed E-state index contributed by atoms with van der Waals surface area (Å²) in [7, 11) is 0. The van der Waals surface area contributed by atoms with Crippen LogP contribution >= 0.6 is 23.5 Å². The predicted octanol–water partition coefficient (Wildman–Crippen LogP) is 11.1. The van der Waals surface area contributed by atoms with Crippen molar-refractivity contribution in [3.05, 3.63) is 47.5 Å². The van der Waals surface area contributed by atoms with Gasteiger partial charge in [0, 0.05) is 26.7 Å². The Kier molecular flexibility index (Phi) is 15.0. The van der Waals surface area contributed by atoms with Gasteiger partial charge >= 0.3 is 5.97 Å². The van der Waals surface area contributed by atoms with Crippen LogP contribution in [0.2, 0.25) is 0 Å². The van der Waals surface area contributed by atoms with Crippen molar-refractivity contribution in [2.24, 2.45) is 0 Å². The van der Waals surface area contributed by atoms with Crippen LogP contribution in [0.4, 0.5) is 0 Å². The molecule has 0 radical (unpaired) electrons. The highest BCUT2D eigenvalue weighted by Crippen LogP contribution is 2.40. The molecule has 2 rings (SSSR count). The van der Waals surface area contributed by atoms with Gasteiger partial charge in [0.05, 0.1) is 6.42 Å². The number of carbonyl (C=O) groups excluding carboxylic acids is 1. The number of unbranched alkanes of at least 4 members (excludes halogenated alkanes) is 9. The van der Waals surface area contributed by atoms with Gasteiger partial charge in [-0.15, -0.1) is 0 Å². The van der Waals surface area contributed by atoms with E-state index >= 15 is 0 Å². The quantitative estimate of drug-likeness (QED) is 0.113. The van der Waals surface area contributed by atoms with Gasteiger partial charge in [0.15, 0.2) is 0 Å². The summed E-state index contributed by atoms with van der Waals surface area (Å²) in [4.78, 5) is 14.8. The minimum Gasteiger partial charge on any atom is -0.508 e. The first-order valence-corrected chi connectivity index (χ1v) is 17.3. The monoisotopic (exact) mass is 586 g/mol. The van der Waals surface area contributed by atoms with E-state index in [9.17, 15) is 9.90 Å². The van der Waals surface area contributed by atoms with Crippen LogP contribution in [0.3, 0.4) is 0 Å². The number of hydrogen-bond acceptors (Lipinski definition) is 5. The summed E-state index contributed by atoms with van der Waals surface area (Å²) in [6, 6.07) is 11.9. The van der Waals surface area contributed by atoms with Gasteiger partial charge in [0.25, 0.3) is 0 Å². The van der Waals surface area contributed by atoms with Crippen LogP contribution in [-0.2, 0) is 15.6 Å². The molecule has 0 aliphatic rings. The van der Waals surface area contributed by atoms with E-state index in [1.807, 2.05) is 30.0 Å². The molecule has 0 amide bonds. The fourth-order valence-electron chi connectivity index (χ4n) is 4.69. The lowest BCUT2D eigenvalue weighted by atomic mass is 9.86. The SMILES string of the molecule is CCCCCCCCCCCCSCCC(=O)Oc1ccc(Sc2ccc(O)c(C(C)(C)C)c2)cc1C(C)(C)C. The largest absolute Gasteiger partial charge is 0.508 e. The number of rotatable bonds is 17. The van der Waals surface area contributed by atoms with Gasteiger partial charge in [-0.1, -0.05) is 118 Å². The highest BCUT2D eigenvalue weighted by Gasteiger charge is 2.22. The molecule has 0 aliphatic carbocycles. The van der Waals surface area contributed by atoms with E-state index in [1.54, 1.807) is 17.8 Å². The van der Waals surface area contributed by atoms with Crippen molar-refractivity contribution in [1.29, 1.82) is 0 Å².